The molecule has 2 N–H and O–H groups in total. The third-order valence-corrected chi connectivity index (χ3v) is 7.32. The van der Waals surface area contributed by atoms with Gasteiger partial charge in [0.15, 0.2) is 0 Å². The Morgan fingerprint density at radius 1 is 1.12 bits per heavy atom. The molecule has 0 radical (unpaired) electrons. The summed E-state index contributed by atoms with van der Waals surface area (Å²) in [6.07, 6.45) is 2.02. The fraction of sp³-hybridized carbons (Fsp3) is 0.478. The molecule has 180 valence electrons. The highest BCUT2D eigenvalue weighted by atomic mass is 32.2. The molecule has 0 amide bonds. The fourth-order valence-corrected chi connectivity index (χ4v) is 4.95. The number of anilines is 1. The van der Waals surface area contributed by atoms with E-state index in [2.05, 4.69) is 39.2 Å². The van der Waals surface area contributed by atoms with Gasteiger partial charge in [0, 0.05) is 32.2 Å². The maximum Gasteiger partial charge on any atom is 0.293 e. The first-order chi connectivity index (χ1) is 15.7. The van der Waals surface area contributed by atoms with Crippen LogP contribution < -0.4 is 10.0 Å². The van der Waals surface area contributed by atoms with Gasteiger partial charge in [-0.05, 0) is 63.6 Å². The minimum absolute atomic E-state index is 0.104. The summed E-state index contributed by atoms with van der Waals surface area (Å²) < 4.78 is 27.5. The summed E-state index contributed by atoms with van der Waals surface area (Å²) in [5.41, 5.74) is 1.42. The number of rotatable bonds is 11. The van der Waals surface area contributed by atoms with Gasteiger partial charge in [0.1, 0.15) is 5.69 Å². The van der Waals surface area contributed by atoms with E-state index in [1.165, 1.54) is 17.7 Å². The molecule has 2 aromatic rings. The van der Waals surface area contributed by atoms with Crippen LogP contribution in [0.5, 0.6) is 0 Å². The number of hydrogen-bond acceptors (Lipinski definition) is 7. The highest BCUT2D eigenvalue weighted by Gasteiger charge is 2.23. The SMILES string of the molecule is CN(C)CCNS(=O)(=O)c1ccc(NCC2CCN(Cc3ccccc3)CC2)c([N+](=O)[O-])c1. The number of nitro benzene ring substituents is 1. The van der Waals surface area contributed by atoms with E-state index in [0.717, 1.165) is 38.5 Å². The fourth-order valence-electron chi connectivity index (χ4n) is 3.91. The van der Waals surface area contributed by atoms with E-state index < -0.39 is 14.9 Å². The molecule has 0 atom stereocenters. The summed E-state index contributed by atoms with van der Waals surface area (Å²) in [6.45, 7) is 4.29. The predicted octanol–water partition coefficient (Wildman–Crippen LogP) is 2.76. The van der Waals surface area contributed by atoms with E-state index in [9.17, 15) is 18.5 Å². The largest absolute Gasteiger partial charge is 0.379 e. The molecule has 10 heteroatoms. The van der Waals surface area contributed by atoms with Crippen molar-refractivity contribution in [1.29, 1.82) is 0 Å². The number of likely N-dealkylation sites (tertiary alicyclic amines) is 1. The first-order valence-corrected chi connectivity index (χ1v) is 12.7. The molecule has 0 spiro atoms. The monoisotopic (exact) mass is 475 g/mol. The molecule has 1 fully saturated rings. The first kappa shape index (κ1) is 25.1. The lowest BCUT2D eigenvalue weighted by atomic mass is 9.96. The van der Waals surface area contributed by atoms with E-state index in [0.29, 0.717) is 24.7 Å². The average molecular weight is 476 g/mol. The zero-order valence-electron chi connectivity index (χ0n) is 19.2. The van der Waals surface area contributed by atoms with Crippen LogP contribution in [-0.4, -0.2) is 70.0 Å². The van der Waals surface area contributed by atoms with Gasteiger partial charge in [0.2, 0.25) is 10.0 Å². The first-order valence-electron chi connectivity index (χ1n) is 11.2. The second-order valence-electron chi connectivity index (χ2n) is 8.72. The molecule has 0 saturated carbocycles. The highest BCUT2D eigenvalue weighted by Crippen LogP contribution is 2.29. The lowest BCUT2D eigenvalue weighted by molar-refractivity contribution is -0.384. The maximum atomic E-state index is 12.5. The minimum Gasteiger partial charge on any atom is -0.379 e. The minimum atomic E-state index is -3.81. The molecule has 2 aromatic carbocycles. The molecule has 1 aliphatic rings. The average Bonchev–Trinajstić information content (AvgIpc) is 2.78. The summed E-state index contributed by atoms with van der Waals surface area (Å²) in [5, 5.41) is 14.8. The molecule has 1 heterocycles. The van der Waals surface area contributed by atoms with Crippen LogP contribution in [0.4, 0.5) is 11.4 Å². The van der Waals surface area contributed by atoms with E-state index in [1.54, 1.807) is 0 Å². The van der Waals surface area contributed by atoms with Gasteiger partial charge in [0.25, 0.3) is 5.69 Å². The summed E-state index contributed by atoms with van der Waals surface area (Å²) in [7, 11) is -0.131. The Labute approximate surface area is 196 Å². The van der Waals surface area contributed by atoms with Gasteiger partial charge in [-0.3, -0.25) is 15.0 Å². The van der Waals surface area contributed by atoms with Gasteiger partial charge >= 0.3 is 0 Å². The zero-order valence-corrected chi connectivity index (χ0v) is 20.1. The number of benzene rings is 2. The van der Waals surface area contributed by atoms with Crippen molar-refractivity contribution >= 4 is 21.4 Å². The second kappa shape index (κ2) is 11.6. The molecular formula is C23H33N5O4S. The van der Waals surface area contributed by atoms with Gasteiger partial charge in [-0.25, -0.2) is 13.1 Å². The highest BCUT2D eigenvalue weighted by molar-refractivity contribution is 7.89. The number of nitro groups is 1. The Hall–Kier alpha value is -2.53. The van der Waals surface area contributed by atoms with Crippen molar-refractivity contribution in [3.8, 4) is 0 Å². The molecular weight excluding hydrogens is 442 g/mol. The van der Waals surface area contributed by atoms with E-state index in [1.807, 2.05) is 25.1 Å². The molecule has 33 heavy (non-hydrogen) atoms. The van der Waals surface area contributed by atoms with Crippen LogP contribution >= 0.6 is 0 Å². The van der Waals surface area contributed by atoms with Crippen LogP contribution in [0.25, 0.3) is 0 Å². The lowest BCUT2D eigenvalue weighted by Gasteiger charge is -2.32. The Balaban J connectivity index is 1.56. The Morgan fingerprint density at radius 3 is 2.45 bits per heavy atom. The van der Waals surface area contributed by atoms with Crippen LogP contribution in [-0.2, 0) is 16.6 Å². The molecule has 0 aliphatic carbocycles. The Bertz CT molecular complexity index is 1020. The lowest BCUT2D eigenvalue weighted by Crippen LogP contribution is -2.35. The van der Waals surface area contributed by atoms with Crippen molar-refractivity contribution in [3.05, 3.63) is 64.2 Å². The van der Waals surface area contributed by atoms with E-state index in [4.69, 9.17) is 0 Å². The molecule has 1 saturated heterocycles. The van der Waals surface area contributed by atoms with Gasteiger partial charge in [-0.1, -0.05) is 30.3 Å². The molecule has 0 unspecified atom stereocenters. The number of piperidine rings is 1. The summed E-state index contributed by atoms with van der Waals surface area (Å²) in [4.78, 5) is 15.2. The van der Waals surface area contributed by atoms with Crippen molar-refractivity contribution in [1.82, 2.24) is 14.5 Å². The van der Waals surface area contributed by atoms with Gasteiger partial charge in [-0.15, -0.1) is 0 Å². The smallest absolute Gasteiger partial charge is 0.293 e. The van der Waals surface area contributed by atoms with Gasteiger partial charge in [-0.2, -0.15) is 0 Å². The van der Waals surface area contributed by atoms with E-state index >= 15 is 0 Å². The maximum absolute atomic E-state index is 12.5. The topological polar surface area (TPSA) is 108 Å². The summed E-state index contributed by atoms with van der Waals surface area (Å²) in [5.74, 6) is 0.410. The standard InChI is InChI=1S/C23H33N5O4S/c1-26(2)15-12-25-33(31,32)21-8-9-22(23(16-21)28(29)30)24-17-19-10-13-27(14-11-19)18-20-6-4-3-5-7-20/h3-9,16,19,24-25H,10-15,17-18H2,1-2H3. The molecule has 9 nitrogen and oxygen atoms in total. The van der Waals surface area contributed by atoms with Crippen molar-refractivity contribution in [2.45, 2.75) is 24.3 Å². The predicted molar refractivity (Wildman–Crippen MR) is 130 cm³/mol. The molecule has 1 aliphatic heterocycles. The van der Waals surface area contributed by atoms with Gasteiger partial charge < -0.3 is 10.2 Å². The number of sulfonamides is 1. The van der Waals surface area contributed by atoms with Crippen molar-refractivity contribution < 1.29 is 13.3 Å². The summed E-state index contributed by atoms with van der Waals surface area (Å²) >= 11 is 0. The van der Waals surface area contributed by atoms with Crippen LogP contribution in [0.2, 0.25) is 0 Å². The molecule has 0 bridgehead atoms. The van der Waals surface area contributed by atoms with E-state index in [-0.39, 0.29) is 17.1 Å². The number of likely N-dealkylation sites (N-methyl/N-ethyl adjacent to an activating group) is 1. The van der Waals surface area contributed by atoms with Crippen LogP contribution in [0.15, 0.2) is 53.4 Å². The molecule has 3 rings (SSSR count). The van der Waals surface area contributed by atoms with Crippen molar-refractivity contribution in [2.24, 2.45) is 5.92 Å². The van der Waals surface area contributed by atoms with Crippen LogP contribution in [0.1, 0.15) is 18.4 Å². The number of hydrogen-bond donors (Lipinski definition) is 2. The third kappa shape index (κ3) is 7.50. The quantitative estimate of drug-likeness (QED) is 0.380. The number of nitrogens with one attached hydrogen (secondary N) is 2. The van der Waals surface area contributed by atoms with Crippen LogP contribution in [0, 0.1) is 16.0 Å². The Kier molecular flexibility index (Phi) is 8.79. The normalized spacial score (nSPS) is 15.6. The van der Waals surface area contributed by atoms with Crippen molar-refractivity contribution in [2.75, 3.05) is 52.1 Å². The summed E-state index contributed by atoms with van der Waals surface area (Å²) in [6, 6.07) is 14.4. The van der Waals surface area contributed by atoms with Crippen molar-refractivity contribution in [3.63, 3.8) is 0 Å². The van der Waals surface area contributed by atoms with Gasteiger partial charge in [0.05, 0.1) is 9.82 Å². The molecule has 0 aromatic heterocycles. The number of nitrogens with zero attached hydrogens (tertiary/aromatic N) is 3. The Morgan fingerprint density at radius 2 is 1.82 bits per heavy atom. The second-order valence-corrected chi connectivity index (χ2v) is 10.5. The van der Waals surface area contributed by atoms with Crippen LogP contribution in [0.3, 0.4) is 0 Å². The zero-order chi connectivity index (χ0) is 23.8. The third-order valence-electron chi connectivity index (χ3n) is 5.86.